The van der Waals surface area contributed by atoms with Crippen molar-refractivity contribution >= 4 is 34.4 Å². The average Bonchev–Trinajstić information content (AvgIpc) is 3.13. The minimum Gasteiger partial charge on any atom is -0.478 e. The lowest BCUT2D eigenvalue weighted by Gasteiger charge is -2.08. The van der Waals surface area contributed by atoms with Crippen LogP contribution in [0.3, 0.4) is 0 Å². The largest absolute Gasteiger partial charge is 0.478 e. The molecule has 26 heavy (non-hydrogen) atoms. The van der Waals surface area contributed by atoms with Gasteiger partial charge in [-0.3, -0.25) is 4.68 Å². The van der Waals surface area contributed by atoms with Crippen LogP contribution in [0, 0.1) is 6.92 Å². The third-order valence-corrected chi connectivity index (χ3v) is 4.34. The van der Waals surface area contributed by atoms with E-state index in [-0.39, 0.29) is 6.03 Å². The standard InChI is InChI=1S/C17H21ClN6O2/c1-10-15(16(26-3)23-24(10)2)22-17(25)19-8-4-5-14-20-12-7-6-11(18)9-13(12)21-14/h6-7,9H,4-5,8H2,1-3H3,(H,20,21)(H2,19,22,25). The molecule has 0 spiro atoms. The first kappa shape index (κ1) is 18.1. The summed E-state index contributed by atoms with van der Waals surface area (Å²) in [6.07, 6.45) is 1.48. The molecule has 3 N–H and O–H groups in total. The minimum absolute atomic E-state index is 0.296. The van der Waals surface area contributed by atoms with Gasteiger partial charge in [-0.1, -0.05) is 11.6 Å². The fourth-order valence-electron chi connectivity index (χ4n) is 2.63. The molecular weight excluding hydrogens is 356 g/mol. The van der Waals surface area contributed by atoms with Crippen LogP contribution in [0.4, 0.5) is 10.5 Å². The van der Waals surface area contributed by atoms with Gasteiger partial charge in [-0.25, -0.2) is 9.78 Å². The normalized spacial score (nSPS) is 10.9. The number of halogens is 1. The Morgan fingerprint density at radius 1 is 1.42 bits per heavy atom. The van der Waals surface area contributed by atoms with E-state index in [9.17, 15) is 4.79 Å². The molecule has 0 saturated carbocycles. The molecule has 2 heterocycles. The summed E-state index contributed by atoms with van der Waals surface area (Å²) in [5.74, 6) is 1.26. The quantitative estimate of drug-likeness (QED) is 0.576. The Kier molecular flexibility index (Phi) is 5.32. The molecule has 0 bridgehead atoms. The number of rotatable bonds is 6. The van der Waals surface area contributed by atoms with Crippen LogP contribution in [0.5, 0.6) is 5.88 Å². The topological polar surface area (TPSA) is 96.9 Å². The molecule has 2 aromatic heterocycles. The molecule has 1 aromatic carbocycles. The Morgan fingerprint density at radius 2 is 2.23 bits per heavy atom. The lowest BCUT2D eigenvalue weighted by atomic mass is 10.3. The smallest absolute Gasteiger partial charge is 0.319 e. The molecule has 3 aromatic rings. The predicted molar refractivity (Wildman–Crippen MR) is 101 cm³/mol. The number of fused-ring (bicyclic) bond motifs is 1. The van der Waals surface area contributed by atoms with Crippen LogP contribution in [-0.4, -0.2) is 39.4 Å². The van der Waals surface area contributed by atoms with Crippen molar-refractivity contribution in [3.63, 3.8) is 0 Å². The summed E-state index contributed by atoms with van der Waals surface area (Å²) in [6, 6.07) is 5.25. The van der Waals surface area contributed by atoms with Crippen molar-refractivity contribution in [2.24, 2.45) is 7.05 Å². The molecule has 0 atom stereocenters. The fourth-order valence-corrected chi connectivity index (χ4v) is 2.81. The van der Waals surface area contributed by atoms with E-state index in [0.29, 0.717) is 23.1 Å². The number of carbonyl (C=O) groups is 1. The van der Waals surface area contributed by atoms with Crippen molar-refractivity contribution in [1.82, 2.24) is 25.1 Å². The number of hydrogen-bond donors (Lipinski definition) is 3. The van der Waals surface area contributed by atoms with E-state index in [4.69, 9.17) is 16.3 Å². The Balaban J connectivity index is 1.49. The highest BCUT2D eigenvalue weighted by atomic mass is 35.5. The second-order valence-corrected chi connectivity index (χ2v) is 6.36. The fraction of sp³-hybridized carbons (Fsp3) is 0.353. The molecule has 0 aliphatic rings. The van der Waals surface area contributed by atoms with Crippen LogP contribution >= 0.6 is 11.6 Å². The maximum absolute atomic E-state index is 12.1. The number of nitrogens with one attached hydrogen (secondary N) is 3. The summed E-state index contributed by atoms with van der Waals surface area (Å²) >= 11 is 5.97. The van der Waals surface area contributed by atoms with E-state index >= 15 is 0 Å². The van der Waals surface area contributed by atoms with Crippen molar-refractivity contribution < 1.29 is 9.53 Å². The molecule has 0 aliphatic heterocycles. The molecule has 0 unspecified atom stereocenters. The maximum Gasteiger partial charge on any atom is 0.319 e. The third-order valence-electron chi connectivity index (χ3n) is 4.10. The number of benzene rings is 1. The van der Waals surface area contributed by atoms with Gasteiger partial charge in [0, 0.05) is 25.0 Å². The van der Waals surface area contributed by atoms with Gasteiger partial charge in [0.2, 0.25) is 0 Å². The summed E-state index contributed by atoms with van der Waals surface area (Å²) in [4.78, 5) is 19.8. The zero-order valence-electron chi connectivity index (χ0n) is 14.9. The number of aryl methyl sites for hydroxylation is 2. The third kappa shape index (κ3) is 3.91. The first-order valence-corrected chi connectivity index (χ1v) is 8.62. The number of aromatic amines is 1. The highest BCUT2D eigenvalue weighted by Crippen LogP contribution is 2.26. The monoisotopic (exact) mass is 376 g/mol. The van der Waals surface area contributed by atoms with E-state index in [1.807, 2.05) is 25.1 Å². The second-order valence-electron chi connectivity index (χ2n) is 5.92. The first-order valence-electron chi connectivity index (χ1n) is 8.24. The average molecular weight is 377 g/mol. The van der Waals surface area contributed by atoms with Gasteiger partial charge in [0.1, 0.15) is 11.5 Å². The predicted octanol–water partition coefficient (Wildman–Crippen LogP) is 3.02. The molecule has 0 aliphatic carbocycles. The zero-order valence-corrected chi connectivity index (χ0v) is 15.6. The van der Waals surface area contributed by atoms with E-state index in [2.05, 4.69) is 25.7 Å². The van der Waals surface area contributed by atoms with Gasteiger partial charge in [-0.05, 0) is 31.5 Å². The van der Waals surface area contributed by atoms with E-state index < -0.39 is 0 Å². The number of aromatic nitrogens is 4. The molecule has 2 amide bonds. The summed E-state index contributed by atoms with van der Waals surface area (Å²) in [5, 5.41) is 10.5. The molecule has 9 heteroatoms. The highest BCUT2D eigenvalue weighted by molar-refractivity contribution is 6.31. The van der Waals surface area contributed by atoms with Gasteiger partial charge >= 0.3 is 6.03 Å². The Hall–Kier alpha value is -2.74. The summed E-state index contributed by atoms with van der Waals surface area (Å²) in [6.45, 7) is 2.38. The van der Waals surface area contributed by atoms with Gasteiger partial charge in [-0.2, -0.15) is 0 Å². The molecule has 0 saturated heterocycles. The first-order chi connectivity index (χ1) is 12.5. The van der Waals surface area contributed by atoms with Crippen molar-refractivity contribution in [2.75, 3.05) is 19.0 Å². The summed E-state index contributed by atoms with van der Waals surface area (Å²) < 4.78 is 6.83. The molecule has 0 fully saturated rings. The van der Waals surface area contributed by atoms with Gasteiger partial charge in [0.15, 0.2) is 0 Å². The molecule has 0 radical (unpaired) electrons. The van der Waals surface area contributed by atoms with Crippen molar-refractivity contribution in [1.29, 1.82) is 0 Å². The molecule has 8 nitrogen and oxygen atoms in total. The number of anilines is 1. The number of hydrogen-bond acceptors (Lipinski definition) is 4. The van der Waals surface area contributed by atoms with Gasteiger partial charge in [-0.15, -0.1) is 5.10 Å². The van der Waals surface area contributed by atoms with E-state index in [1.54, 1.807) is 11.7 Å². The maximum atomic E-state index is 12.1. The van der Waals surface area contributed by atoms with Gasteiger partial charge in [0.05, 0.1) is 23.8 Å². The van der Waals surface area contributed by atoms with Crippen molar-refractivity contribution in [3.05, 3.63) is 34.7 Å². The molecular formula is C17H21ClN6O2. The van der Waals surface area contributed by atoms with E-state index in [1.165, 1.54) is 7.11 Å². The molecule has 138 valence electrons. The van der Waals surface area contributed by atoms with Gasteiger partial charge in [0.25, 0.3) is 5.88 Å². The highest BCUT2D eigenvalue weighted by Gasteiger charge is 2.15. The van der Waals surface area contributed by atoms with Crippen molar-refractivity contribution in [2.45, 2.75) is 19.8 Å². The number of H-pyrrole nitrogens is 1. The summed E-state index contributed by atoms with van der Waals surface area (Å²) in [7, 11) is 3.31. The Morgan fingerprint density at radius 3 is 3.00 bits per heavy atom. The number of imidazole rings is 1. The summed E-state index contributed by atoms with van der Waals surface area (Å²) in [5.41, 5.74) is 3.19. The van der Waals surface area contributed by atoms with Gasteiger partial charge < -0.3 is 20.4 Å². The number of amides is 2. The number of nitrogens with zero attached hydrogens (tertiary/aromatic N) is 3. The minimum atomic E-state index is -0.296. The lowest BCUT2D eigenvalue weighted by Crippen LogP contribution is -2.30. The van der Waals surface area contributed by atoms with Crippen LogP contribution in [-0.2, 0) is 13.5 Å². The SMILES string of the molecule is COc1nn(C)c(C)c1NC(=O)NCCCc1nc2ccc(Cl)cc2[nH]1. The van der Waals surface area contributed by atoms with Crippen LogP contribution in [0.2, 0.25) is 5.02 Å². The van der Waals surface area contributed by atoms with Crippen LogP contribution < -0.4 is 15.4 Å². The number of methoxy groups -OCH3 is 1. The Bertz CT molecular complexity index is 933. The van der Waals surface area contributed by atoms with Crippen LogP contribution in [0.1, 0.15) is 17.9 Å². The van der Waals surface area contributed by atoms with Crippen LogP contribution in [0.15, 0.2) is 18.2 Å². The number of ether oxygens (including phenoxy) is 1. The van der Waals surface area contributed by atoms with Crippen molar-refractivity contribution in [3.8, 4) is 5.88 Å². The molecule has 3 rings (SSSR count). The van der Waals surface area contributed by atoms with E-state index in [0.717, 1.165) is 35.4 Å². The lowest BCUT2D eigenvalue weighted by molar-refractivity contribution is 0.252. The number of urea groups is 1. The number of carbonyl (C=O) groups excluding carboxylic acids is 1. The zero-order chi connectivity index (χ0) is 18.7. The second kappa shape index (κ2) is 7.65. The van der Waals surface area contributed by atoms with Crippen LogP contribution in [0.25, 0.3) is 11.0 Å². The Labute approximate surface area is 155 Å².